The number of fused-ring (bicyclic) bond motifs is 1. The summed E-state index contributed by atoms with van der Waals surface area (Å²) in [5.74, 6) is -0.323. The molecule has 0 aliphatic heterocycles. The van der Waals surface area contributed by atoms with Crippen molar-refractivity contribution in [2.75, 3.05) is 6.26 Å². The van der Waals surface area contributed by atoms with E-state index in [4.69, 9.17) is 11.6 Å². The van der Waals surface area contributed by atoms with Gasteiger partial charge in [-0.2, -0.15) is 4.99 Å². The van der Waals surface area contributed by atoms with Crippen LogP contribution in [0.5, 0.6) is 0 Å². The van der Waals surface area contributed by atoms with Crippen LogP contribution in [0.1, 0.15) is 11.4 Å². The SMILES string of the molecule is CS(=O)(=O)Cc1nc2ccccc2n1CC(=O)N=c1sccn1Cc1ccccc1Cl. The standard InChI is InChI=1S/C21H19ClN4O3S2/c1-31(28,29)14-19-23-17-8-4-5-9-18(17)26(19)13-20(27)24-21-25(10-11-30-21)12-15-6-2-3-7-16(15)22/h2-11H,12-14H2,1H3. The summed E-state index contributed by atoms with van der Waals surface area (Å²) in [5.41, 5.74) is 2.26. The average molecular weight is 475 g/mol. The second-order valence-corrected chi connectivity index (χ2v) is 10.5. The minimum Gasteiger partial charge on any atom is -0.319 e. The fourth-order valence-electron chi connectivity index (χ4n) is 3.24. The molecule has 0 spiro atoms. The number of sulfone groups is 1. The fourth-order valence-corrected chi connectivity index (χ4v) is 4.87. The van der Waals surface area contributed by atoms with Crippen LogP contribution in [-0.4, -0.2) is 34.7 Å². The van der Waals surface area contributed by atoms with Gasteiger partial charge in [-0.3, -0.25) is 4.79 Å². The molecular weight excluding hydrogens is 456 g/mol. The zero-order valence-corrected chi connectivity index (χ0v) is 19.0. The van der Waals surface area contributed by atoms with Crippen LogP contribution >= 0.6 is 22.9 Å². The van der Waals surface area contributed by atoms with Crippen molar-refractivity contribution < 1.29 is 13.2 Å². The number of rotatable bonds is 6. The number of carbonyl (C=O) groups excluding carboxylic acids is 1. The van der Waals surface area contributed by atoms with Gasteiger partial charge < -0.3 is 9.13 Å². The summed E-state index contributed by atoms with van der Waals surface area (Å²) >= 11 is 7.60. The van der Waals surface area contributed by atoms with Crippen LogP contribution in [0.3, 0.4) is 0 Å². The van der Waals surface area contributed by atoms with E-state index in [1.165, 1.54) is 11.3 Å². The van der Waals surface area contributed by atoms with Crippen molar-refractivity contribution in [1.82, 2.24) is 14.1 Å². The summed E-state index contributed by atoms with van der Waals surface area (Å²) in [4.78, 5) is 22.0. The molecule has 0 N–H and O–H groups in total. The van der Waals surface area contributed by atoms with E-state index >= 15 is 0 Å². The maximum atomic E-state index is 12.8. The summed E-state index contributed by atoms with van der Waals surface area (Å²) in [6.07, 6.45) is 2.99. The van der Waals surface area contributed by atoms with E-state index in [-0.39, 0.29) is 12.3 Å². The van der Waals surface area contributed by atoms with Crippen molar-refractivity contribution in [2.24, 2.45) is 4.99 Å². The van der Waals surface area contributed by atoms with Crippen LogP contribution in [0.15, 0.2) is 65.1 Å². The average Bonchev–Trinajstić information content (AvgIpc) is 3.27. The van der Waals surface area contributed by atoms with Crippen LogP contribution in [0.4, 0.5) is 0 Å². The number of aromatic nitrogens is 3. The maximum absolute atomic E-state index is 12.8. The highest BCUT2D eigenvalue weighted by atomic mass is 35.5. The number of thiazole rings is 1. The van der Waals surface area contributed by atoms with E-state index in [9.17, 15) is 13.2 Å². The Morgan fingerprint density at radius 3 is 2.68 bits per heavy atom. The van der Waals surface area contributed by atoms with Gasteiger partial charge in [-0.15, -0.1) is 11.3 Å². The molecule has 0 radical (unpaired) electrons. The van der Waals surface area contributed by atoms with Crippen molar-refractivity contribution in [3.63, 3.8) is 0 Å². The lowest BCUT2D eigenvalue weighted by Crippen LogP contribution is -2.20. The minimum atomic E-state index is -3.32. The first-order valence-corrected chi connectivity index (χ1v) is 12.7. The molecule has 4 aromatic rings. The number of nitrogens with zero attached hydrogens (tertiary/aromatic N) is 4. The van der Waals surface area contributed by atoms with Gasteiger partial charge >= 0.3 is 0 Å². The summed E-state index contributed by atoms with van der Waals surface area (Å²) in [5, 5.41) is 2.50. The van der Waals surface area contributed by atoms with Gasteiger partial charge in [-0.1, -0.05) is 41.9 Å². The highest BCUT2D eigenvalue weighted by Crippen LogP contribution is 2.18. The summed E-state index contributed by atoms with van der Waals surface area (Å²) in [6, 6.07) is 14.8. The first-order chi connectivity index (χ1) is 14.8. The molecule has 0 fully saturated rings. The molecule has 0 unspecified atom stereocenters. The summed E-state index contributed by atoms with van der Waals surface area (Å²) in [7, 11) is -3.32. The van der Waals surface area contributed by atoms with E-state index in [1.807, 2.05) is 58.6 Å². The largest absolute Gasteiger partial charge is 0.319 e. The fraction of sp³-hybridized carbons (Fsp3) is 0.190. The molecule has 0 bridgehead atoms. The third-order valence-corrected chi connectivity index (χ3v) is 6.54. The third kappa shape index (κ3) is 5.12. The number of benzene rings is 2. The lowest BCUT2D eigenvalue weighted by molar-refractivity contribution is -0.118. The molecule has 0 aliphatic rings. The Hall–Kier alpha value is -2.75. The number of halogens is 1. The molecule has 0 atom stereocenters. The highest BCUT2D eigenvalue weighted by Gasteiger charge is 2.17. The van der Waals surface area contributed by atoms with Crippen molar-refractivity contribution in [2.45, 2.75) is 18.8 Å². The van der Waals surface area contributed by atoms with Crippen molar-refractivity contribution in [3.05, 3.63) is 81.3 Å². The normalized spacial score (nSPS) is 12.5. The van der Waals surface area contributed by atoms with Crippen LogP contribution in [0.25, 0.3) is 11.0 Å². The second kappa shape index (κ2) is 8.78. The topological polar surface area (TPSA) is 86.3 Å². The Kier molecular flexibility index (Phi) is 6.08. The molecule has 2 aromatic heterocycles. The molecule has 31 heavy (non-hydrogen) atoms. The zero-order chi connectivity index (χ0) is 22.0. The molecule has 160 valence electrons. The Morgan fingerprint density at radius 2 is 1.90 bits per heavy atom. The smallest absolute Gasteiger partial charge is 0.268 e. The molecule has 1 amide bonds. The van der Waals surface area contributed by atoms with E-state index < -0.39 is 15.7 Å². The Morgan fingerprint density at radius 1 is 1.16 bits per heavy atom. The summed E-state index contributed by atoms with van der Waals surface area (Å²) in [6.45, 7) is 0.387. The molecule has 0 aliphatic carbocycles. The van der Waals surface area contributed by atoms with Crippen molar-refractivity contribution >= 4 is 49.7 Å². The Labute approximate surface area is 188 Å². The molecule has 10 heteroatoms. The Bertz CT molecular complexity index is 1430. The van der Waals surface area contributed by atoms with Gasteiger partial charge in [0.25, 0.3) is 5.91 Å². The Balaban J connectivity index is 1.65. The van der Waals surface area contributed by atoms with Crippen molar-refractivity contribution in [1.29, 1.82) is 0 Å². The second-order valence-electron chi connectivity index (χ2n) is 7.08. The highest BCUT2D eigenvalue weighted by molar-refractivity contribution is 7.89. The number of hydrogen-bond acceptors (Lipinski definition) is 5. The van der Waals surface area contributed by atoms with Gasteiger partial charge in [0.1, 0.15) is 18.1 Å². The van der Waals surface area contributed by atoms with Gasteiger partial charge in [0, 0.05) is 22.9 Å². The maximum Gasteiger partial charge on any atom is 0.268 e. The molecule has 0 saturated carbocycles. The van der Waals surface area contributed by atoms with Gasteiger partial charge in [0.15, 0.2) is 14.6 Å². The quantitative estimate of drug-likeness (QED) is 0.429. The molecule has 4 rings (SSSR count). The van der Waals surface area contributed by atoms with Crippen LogP contribution in [-0.2, 0) is 33.5 Å². The van der Waals surface area contributed by atoms with Crippen LogP contribution < -0.4 is 4.80 Å². The molecule has 7 nitrogen and oxygen atoms in total. The van der Waals surface area contributed by atoms with Crippen molar-refractivity contribution in [3.8, 4) is 0 Å². The lowest BCUT2D eigenvalue weighted by atomic mass is 10.2. The van der Waals surface area contributed by atoms with Crippen LogP contribution in [0.2, 0.25) is 5.02 Å². The monoisotopic (exact) mass is 474 g/mol. The number of para-hydroxylation sites is 2. The first kappa shape index (κ1) is 21.5. The third-order valence-electron chi connectivity index (χ3n) is 4.60. The number of amides is 1. The predicted octanol–water partition coefficient (Wildman–Crippen LogP) is 3.27. The predicted molar refractivity (Wildman–Crippen MR) is 122 cm³/mol. The summed E-state index contributed by atoms with van der Waals surface area (Å²) < 4.78 is 27.2. The lowest BCUT2D eigenvalue weighted by Gasteiger charge is -2.07. The number of carbonyl (C=O) groups is 1. The van der Waals surface area contributed by atoms with E-state index in [2.05, 4.69) is 9.98 Å². The van der Waals surface area contributed by atoms with E-state index in [1.54, 1.807) is 10.6 Å². The molecular formula is C21H19ClN4O3S2. The van der Waals surface area contributed by atoms with Crippen LogP contribution in [0, 0.1) is 0 Å². The molecule has 2 heterocycles. The van der Waals surface area contributed by atoms with Gasteiger partial charge in [-0.05, 0) is 23.8 Å². The van der Waals surface area contributed by atoms with Gasteiger partial charge in [0.05, 0.1) is 17.6 Å². The molecule has 0 saturated heterocycles. The molecule has 2 aromatic carbocycles. The van der Waals surface area contributed by atoms with E-state index in [0.717, 1.165) is 11.8 Å². The number of hydrogen-bond donors (Lipinski definition) is 0. The first-order valence-electron chi connectivity index (χ1n) is 9.37. The number of imidazole rings is 1. The van der Waals surface area contributed by atoms with Gasteiger partial charge in [-0.25, -0.2) is 13.4 Å². The zero-order valence-electron chi connectivity index (χ0n) is 16.6. The minimum absolute atomic E-state index is 0.102. The van der Waals surface area contributed by atoms with Gasteiger partial charge in [0.2, 0.25) is 0 Å². The van der Waals surface area contributed by atoms with E-state index in [0.29, 0.717) is 33.2 Å².